The molecule has 10 nitrogen and oxygen atoms in total. The number of rotatable bonds is 8. The number of amides is 1. The highest BCUT2D eigenvalue weighted by atomic mass is 19.4. The van der Waals surface area contributed by atoms with Crippen LogP contribution in [0.4, 0.5) is 22.4 Å². The predicted octanol–water partition coefficient (Wildman–Crippen LogP) is 4.05. The molecule has 1 aliphatic heterocycles. The van der Waals surface area contributed by atoms with Crippen LogP contribution in [0, 0.1) is 5.82 Å². The number of benzene rings is 1. The Hall–Kier alpha value is -4.04. The Morgan fingerprint density at radius 3 is 2.77 bits per heavy atom. The lowest BCUT2D eigenvalue weighted by molar-refractivity contribution is -0.184. The van der Waals surface area contributed by atoms with E-state index in [1.807, 2.05) is 0 Å². The first-order valence-corrected chi connectivity index (χ1v) is 12.0. The summed E-state index contributed by atoms with van der Waals surface area (Å²) < 4.78 is 69.8. The Balaban J connectivity index is 1.52. The molecule has 0 saturated carbocycles. The number of likely N-dealkylation sites (tertiary alicyclic amines) is 1. The van der Waals surface area contributed by atoms with Gasteiger partial charge in [-0.1, -0.05) is 6.07 Å². The molecule has 14 heteroatoms. The van der Waals surface area contributed by atoms with Crippen LogP contribution in [0.3, 0.4) is 0 Å². The molecule has 0 radical (unpaired) electrons. The van der Waals surface area contributed by atoms with Crippen LogP contribution in [0.1, 0.15) is 18.0 Å². The van der Waals surface area contributed by atoms with E-state index in [1.54, 1.807) is 25.3 Å². The number of alkyl halides is 3. The van der Waals surface area contributed by atoms with Gasteiger partial charge in [-0.25, -0.2) is 14.2 Å². The molecule has 4 aromatic rings. The van der Waals surface area contributed by atoms with E-state index in [0.717, 1.165) is 0 Å². The minimum Gasteiger partial charge on any atom is -0.491 e. The summed E-state index contributed by atoms with van der Waals surface area (Å²) in [5, 5.41) is 19.7. The van der Waals surface area contributed by atoms with Gasteiger partial charge < -0.3 is 19.9 Å². The van der Waals surface area contributed by atoms with Crippen molar-refractivity contribution >= 4 is 22.6 Å². The first-order valence-electron chi connectivity index (χ1n) is 12.0. The Kier molecular flexibility index (Phi) is 7.23. The van der Waals surface area contributed by atoms with Gasteiger partial charge in [-0.2, -0.15) is 13.2 Å². The van der Waals surface area contributed by atoms with Crippen LogP contribution in [-0.4, -0.2) is 81.3 Å². The van der Waals surface area contributed by atoms with E-state index in [1.165, 1.54) is 33.7 Å². The van der Waals surface area contributed by atoms with E-state index in [2.05, 4.69) is 20.5 Å². The van der Waals surface area contributed by atoms with Crippen molar-refractivity contribution in [1.82, 2.24) is 29.8 Å². The maximum Gasteiger partial charge on any atom is 0.408 e. The van der Waals surface area contributed by atoms with Crippen LogP contribution in [0.2, 0.25) is 0 Å². The highest BCUT2D eigenvalue weighted by Crippen LogP contribution is 2.40. The zero-order valence-corrected chi connectivity index (χ0v) is 20.7. The third kappa shape index (κ3) is 5.56. The van der Waals surface area contributed by atoms with E-state index in [4.69, 9.17) is 14.6 Å². The monoisotopic (exact) mass is 548 g/mol. The lowest BCUT2D eigenvalue weighted by Gasteiger charge is -2.30. The molecule has 3 aromatic heterocycles. The number of pyridine rings is 2. The van der Waals surface area contributed by atoms with Crippen molar-refractivity contribution in [3.8, 4) is 17.3 Å². The van der Waals surface area contributed by atoms with Gasteiger partial charge in [0.25, 0.3) is 0 Å². The summed E-state index contributed by atoms with van der Waals surface area (Å²) in [5.41, 5.74) is 0.301. The van der Waals surface area contributed by atoms with Crippen molar-refractivity contribution in [3.63, 3.8) is 0 Å². The Labute approximate surface area is 219 Å². The zero-order valence-electron chi connectivity index (χ0n) is 20.7. The molecule has 1 amide bonds. The van der Waals surface area contributed by atoms with Gasteiger partial charge in [0.2, 0.25) is 0 Å². The van der Waals surface area contributed by atoms with Crippen molar-refractivity contribution in [2.75, 3.05) is 33.4 Å². The Bertz CT molecular complexity index is 1510. The minimum absolute atomic E-state index is 0.0395. The van der Waals surface area contributed by atoms with Gasteiger partial charge in [-0.15, -0.1) is 10.2 Å². The number of carboxylic acid groups (broad SMARTS) is 1. The minimum atomic E-state index is -4.66. The summed E-state index contributed by atoms with van der Waals surface area (Å²) in [4.78, 5) is 16.5. The number of fused-ring (bicyclic) bond motifs is 2. The second kappa shape index (κ2) is 10.6. The summed E-state index contributed by atoms with van der Waals surface area (Å²) in [6.45, 7) is 0.608. The highest BCUT2D eigenvalue weighted by Gasteiger charge is 2.47. The number of hydrogen-bond acceptors (Lipinski definition) is 7. The Morgan fingerprint density at radius 2 is 2.03 bits per heavy atom. The lowest BCUT2D eigenvalue weighted by Crippen LogP contribution is -2.40. The topological polar surface area (TPSA) is 114 Å². The number of methoxy groups -OCH3 is 1. The fraction of sp³-hybridized carbons (Fsp3) is 0.360. The van der Waals surface area contributed by atoms with E-state index in [0.29, 0.717) is 29.9 Å². The molecule has 2 N–H and O–H groups in total. The van der Waals surface area contributed by atoms with Gasteiger partial charge in [0, 0.05) is 43.9 Å². The molecule has 0 aliphatic carbocycles. The first-order chi connectivity index (χ1) is 18.6. The third-order valence-electron chi connectivity index (χ3n) is 6.47. The van der Waals surface area contributed by atoms with Gasteiger partial charge in [-0.3, -0.25) is 9.30 Å². The highest BCUT2D eigenvalue weighted by molar-refractivity contribution is 5.82. The van der Waals surface area contributed by atoms with E-state index < -0.39 is 30.2 Å². The van der Waals surface area contributed by atoms with Gasteiger partial charge >= 0.3 is 12.3 Å². The lowest BCUT2D eigenvalue weighted by atomic mass is 10.1. The van der Waals surface area contributed by atoms with Crippen LogP contribution in [0.25, 0.3) is 28.1 Å². The maximum absolute atomic E-state index is 15.2. The number of hydrogen-bond donors (Lipinski definition) is 2. The number of halogens is 4. The molecule has 39 heavy (non-hydrogen) atoms. The molecule has 1 saturated heterocycles. The van der Waals surface area contributed by atoms with Crippen molar-refractivity contribution in [2.45, 2.75) is 24.7 Å². The van der Waals surface area contributed by atoms with Crippen LogP contribution < -0.4 is 10.1 Å². The van der Waals surface area contributed by atoms with Gasteiger partial charge in [-0.05, 0) is 36.2 Å². The van der Waals surface area contributed by atoms with Crippen LogP contribution >= 0.6 is 0 Å². The molecule has 1 fully saturated rings. The van der Waals surface area contributed by atoms with Gasteiger partial charge in [0.1, 0.15) is 24.1 Å². The first kappa shape index (κ1) is 26.6. The van der Waals surface area contributed by atoms with Crippen molar-refractivity contribution in [2.24, 2.45) is 0 Å². The molecular weight excluding hydrogens is 524 g/mol. The molecule has 1 aliphatic rings. The second-order valence-corrected chi connectivity index (χ2v) is 9.10. The number of nitrogens with one attached hydrogen (secondary N) is 1. The zero-order chi connectivity index (χ0) is 27.7. The van der Waals surface area contributed by atoms with Crippen molar-refractivity contribution in [3.05, 3.63) is 54.0 Å². The summed E-state index contributed by atoms with van der Waals surface area (Å²) in [7, 11) is 1.55. The number of aromatic nitrogens is 4. The summed E-state index contributed by atoms with van der Waals surface area (Å²) >= 11 is 0. The molecule has 206 valence electrons. The molecule has 0 bridgehead atoms. The number of ether oxygens (including phenoxy) is 2. The van der Waals surface area contributed by atoms with Crippen LogP contribution in [0.15, 0.2) is 42.6 Å². The average Bonchev–Trinajstić information content (AvgIpc) is 3.49. The normalized spacial score (nSPS) is 17.1. The smallest absolute Gasteiger partial charge is 0.408 e. The van der Waals surface area contributed by atoms with E-state index >= 15 is 4.39 Å². The van der Waals surface area contributed by atoms with Gasteiger partial charge in [0.05, 0.1) is 12.1 Å². The number of nitrogens with zero attached hydrogens (tertiary/aromatic N) is 5. The Morgan fingerprint density at radius 1 is 1.21 bits per heavy atom. The predicted molar refractivity (Wildman–Crippen MR) is 131 cm³/mol. The summed E-state index contributed by atoms with van der Waals surface area (Å²) in [6.07, 6.45) is -4.50. The number of carbonyl (C=O) groups is 1. The van der Waals surface area contributed by atoms with Crippen LogP contribution in [-0.2, 0) is 4.74 Å². The molecule has 1 aromatic carbocycles. The SMILES string of the molecule is COCCOc1ccc2cc(F)c(-c3nnc4ccc([C@@H](N5CC[C@H](NC(=O)O)C5)C(F)(F)F)cn34)nc2c1. The molecule has 4 heterocycles. The van der Waals surface area contributed by atoms with Crippen molar-refractivity contribution < 1.29 is 36.9 Å². The molecule has 0 spiro atoms. The maximum atomic E-state index is 15.2. The molecule has 2 atom stereocenters. The fourth-order valence-corrected chi connectivity index (χ4v) is 4.76. The standard InChI is InChI=1S/C25H24F4N6O4/c1-38-8-9-39-17-4-2-14-10-18(26)21(31-19(14)11-17)23-33-32-20-5-3-15(12-35(20)23)22(25(27,28)29)34-7-6-16(13-34)30-24(36)37/h2-5,10-12,16,22,30H,6-9,13H2,1H3,(H,36,37)/t16-,22+/m0/s1. The van der Waals surface area contributed by atoms with E-state index in [9.17, 15) is 18.0 Å². The second-order valence-electron chi connectivity index (χ2n) is 9.10. The van der Waals surface area contributed by atoms with Gasteiger partial charge in [0.15, 0.2) is 17.3 Å². The summed E-state index contributed by atoms with van der Waals surface area (Å²) in [6, 6.07) is 6.22. The van der Waals surface area contributed by atoms with Crippen molar-refractivity contribution in [1.29, 1.82) is 0 Å². The fourth-order valence-electron chi connectivity index (χ4n) is 4.76. The average molecular weight is 548 g/mol. The molecule has 0 unspecified atom stereocenters. The summed E-state index contributed by atoms with van der Waals surface area (Å²) in [5.74, 6) is -0.290. The van der Waals surface area contributed by atoms with Crippen LogP contribution in [0.5, 0.6) is 5.75 Å². The molecule has 5 rings (SSSR count). The third-order valence-corrected chi connectivity index (χ3v) is 6.47. The molecular formula is C25H24F4N6O4. The largest absolute Gasteiger partial charge is 0.491 e. The van der Waals surface area contributed by atoms with E-state index in [-0.39, 0.29) is 42.2 Å². The quantitative estimate of drug-likeness (QED) is 0.251.